The fraction of sp³-hybridized carbons (Fsp3) is 0.722. The SMILES string of the molecule is CN=C(NCCCSc1nccs1)NC1CCN(C(=O)C2CCCC2)C1. The van der Waals surface area contributed by atoms with Crippen LogP contribution in [0.2, 0.25) is 0 Å². The zero-order valence-corrected chi connectivity index (χ0v) is 17.1. The normalized spacial score (nSPS) is 21.3. The molecule has 1 aromatic rings. The number of carbonyl (C=O) groups is 1. The Morgan fingerprint density at radius 2 is 2.27 bits per heavy atom. The number of likely N-dealkylation sites (tertiary alicyclic amines) is 1. The van der Waals surface area contributed by atoms with Gasteiger partial charge in [-0.2, -0.15) is 0 Å². The van der Waals surface area contributed by atoms with E-state index in [-0.39, 0.29) is 5.92 Å². The fourth-order valence-corrected chi connectivity index (χ4v) is 5.26. The van der Waals surface area contributed by atoms with E-state index < -0.39 is 0 Å². The van der Waals surface area contributed by atoms with Crippen LogP contribution in [0.25, 0.3) is 0 Å². The number of guanidine groups is 1. The zero-order chi connectivity index (χ0) is 18.2. The number of carbonyl (C=O) groups excluding carboxylic acids is 1. The number of aliphatic imine (C=N–C) groups is 1. The van der Waals surface area contributed by atoms with Gasteiger partial charge in [-0.15, -0.1) is 11.3 Å². The lowest BCUT2D eigenvalue weighted by molar-refractivity contribution is -0.134. The van der Waals surface area contributed by atoms with Crippen molar-refractivity contribution < 1.29 is 4.79 Å². The van der Waals surface area contributed by atoms with Gasteiger partial charge in [0.05, 0.1) is 0 Å². The number of rotatable bonds is 7. The first-order chi connectivity index (χ1) is 12.8. The van der Waals surface area contributed by atoms with Gasteiger partial charge in [-0.05, 0) is 25.7 Å². The summed E-state index contributed by atoms with van der Waals surface area (Å²) in [5.74, 6) is 2.53. The second-order valence-corrected chi connectivity index (χ2v) is 9.13. The van der Waals surface area contributed by atoms with Crippen molar-refractivity contribution in [2.24, 2.45) is 10.9 Å². The Balaban J connectivity index is 1.32. The number of hydrogen-bond acceptors (Lipinski definition) is 5. The molecule has 1 atom stereocenters. The summed E-state index contributed by atoms with van der Waals surface area (Å²) in [5, 5.41) is 8.86. The molecule has 0 spiro atoms. The average molecular weight is 396 g/mol. The van der Waals surface area contributed by atoms with Gasteiger partial charge in [0.2, 0.25) is 5.91 Å². The van der Waals surface area contributed by atoms with Crippen molar-refractivity contribution in [3.63, 3.8) is 0 Å². The minimum Gasteiger partial charge on any atom is -0.356 e. The summed E-state index contributed by atoms with van der Waals surface area (Å²) in [6, 6.07) is 0.302. The molecule has 0 aromatic carbocycles. The Kier molecular flexibility index (Phi) is 7.61. The molecular weight excluding hydrogens is 366 g/mol. The van der Waals surface area contributed by atoms with Crippen molar-refractivity contribution in [1.82, 2.24) is 20.5 Å². The van der Waals surface area contributed by atoms with Gasteiger partial charge in [0, 0.05) is 56.0 Å². The quantitative estimate of drug-likeness (QED) is 0.321. The van der Waals surface area contributed by atoms with E-state index in [1.807, 2.05) is 16.5 Å². The van der Waals surface area contributed by atoms with Gasteiger partial charge in [-0.1, -0.05) is 24.6 Å². The topological polar surface area (TPSA) is 69.6 Å². The highest BCUT2D eigenvalue weighted by molar-refractivity contribution is 8.00. The van der Waals surface area contributed by atoms with Crippen LogP contribution in [0.5, 0.6) is 0 Å². The predicted octanol–water partition coefficient (Wildman–Crippen LogP) is 2.58. The van der Waals surface area contributed by atoms with E-state index in [0.29, 0.717) is 11.9 Å². The maximum atomic E-state index is 12.5. The number of thiazole rings is 1. The Morgan fingerprint density at radius 3 is 3.00 bits per heavy atom. The molecule has 1 aromatic heterocycles. The number of thioether (sulfide) groups is 1. The van der Waals surface area contributed by atoms with E-state index in [2.05, 4.69) is 20.6 Å². The molecule has 2 N–H and O–H groups in total. The van der Waals surface area contributed by atoms with Crippen LogP contribution in [-0.4, -0.2) is 60.2 Å². The van der Waals surface area contributed by atoms with Gasteiger partial charge in [0.25, 0.3) is 0 Å². The van der Waals surface area contributed by atoms with Crippen molar-refractivity contribution >= 4 is 35.0 Å². The Morgan fingerprint density at radius 1 is 1.42 bits per heavy atom. The number of hydrogen-bond donors (Lipinski definition) is 2. The Hall–Kier alpha value is -1.28. The molecule has 3 rings (SSSR count). The molecule has 8 heteroatoms. The number of nitrogens with zero attached hydrogens (tertiary/aromatic N) is 3. The monoisotopic (exact) mass is 395 g/mol. The van der Waals surface area contributed by atoms with Crippen LogP contribution >= 0.6 is 23.1 Å². The van der Waals surface area contributed by atoms with E-state index >= 15 is 0 Å². The first-order valence-electron chi connectivity index (χ1n) is 9.54. The summed E-state index contributed by atoms with van der Waals surface area (Å²) in [4.78, 5) is 23.2. The summed E-state index contributed by atoms with van der Waals surface area (Å²) in [6.45, 7) is 2.56. The van der Waals surface area contributed by atoms with Crippen molar-refractivity contribution in [2.75, 3.05) is 32.4 Å². The molecule has 6 nitrogen and oxygen atoms in total. The molecular formula is C18H29N5OS2. The molecule has 2 fully saturated rings. The molecule has 0 bridgehead atoms. The Bertz CT molecular complexity index is 586. The number of amides is 1. The molecule has 1 amide bonds. The van der Waals surface area contributed by atoms with Crippen LogP contribution in [-0.2, 0) is 4.79 Å². The van der Waals surface area contributed by atoms with Crippen molar-refractivity contribution in [1.29, 1.82) is 0 Å². The maximum absolute atomic E-state index is 12.5. The van der Waals surface area contributed by atoms with Gasteiger partial charge in [-0.3, -0.25) is 9.79 Å². The van der Waals surface area contributed by atoms with Crippen LogP contribution in [0.3, 0.4) is 0 Å². The van der Waals surface area contributed by atoms with E-state index in [4.69, 9.17) is 0 Å². The molecule has 1 aliphatic carbocycles. The van der Waals surface area contributed by atoms with E-state index in [1.54, 1.807) is 30.1 Å². The standard InChI is InChI=1S/C18H29N5OS2/c1-19-17(20-8-4-11-25-18-21-9-12-26-18)22-15-7-10-23(13-15)16(24)14-5-2-3-6-14/h9,12,14-15H,2-8,10-11,13H2,1H3,(H2,19,20,22). The highest BCUT2D eigenvalue weighted by atomic mass is 32.2. The summed E-state index contributed by atoms with van der Waals surface area (Å²) in [6.07, 6.45) is 8.48. The third-order valence-electron chi connectivity index (χ3n) is 5.02. The van der Waals surface area contributed by atoms with E-state index in [9.17, 15) is 4.79 Å². The van der Waals surface area contributed by atoms with Gasteiger partial charge in [0.1, 0.15) is 4.34 Å². The number of aromatic nitrogens is 1. The van der Waals surface area contributed by atoms with Gasteiger partial charge >= 0.3 is 0 Å². The van der Waals surface area contributed by atoms with E-state index in [0.717, 1.165) is 61.4 Å². The predicted molar refractivity (Wildman–Crippen MR) is 109 cm³/mol. The van der Waals surface area contributed by atoms with Gasteiger partial charge < -0.3 is 15.5 Å². The van der Waals surface area contributed by atoms with Gasteiger partial charge in [0.15, 0.2) is 5.96 Å². The minimum atomic E-state index is 0.279. The van der Waals surface area contributed by atoms with Crippen LogP contribution < -0.4 is 10.6 Å². The molecule has 1 aliphatic heterocycles. The van der Waals surface area contributed by atoms with Crippen molar-refractivity contribution in [3.8, 4) is 0 Å². The second kappa shape index (κ2) is 10.2. The first kappa shape index (κ1) is 19.5. The molecule has 1 saturated carbocycles. The lowest BCUT2D eigenvalue weighted by Crippen LogP contribution is -2.45. The van der Waals surface area contributed by atoms with Crippen LogP contribution in [0.4, 0.5) is 0 Å². The summed E-state index contributed by atoms with van der Waals surface area (Å²) in [7, 11) is 1.80. The third kappa shape index (κ3) is 5.61. The third-order valence-corrected chi connectivity index (χ3v) is 7.07. The summed E-state index contributed by atoms with van der Waals surface area (Å²) in [5.41, 5.74) is 0. The lowest BCUT2D eigenvalue weighted by atomic mass is 10.1. The molecule has 0 radical (unpaired) electrons. The smallest absolute Gasteiger partial charge is 0.225 e. The summed E-state index contributed by atoms with van der Waals surface area (Å²) >= 11 is 3.49. The molecule has 2 heterocycles. The second-order valence-electron chi connectivity index (χ2n) is 6.89. The highest BCUT2D eigenvalue weighted by Gasteiger charge is 2.32. The average Bonchev–Trinajstić information content (AvgIpc) is 3.42. The summed E-state index contributed by atoms with van der Waals surface area (Å²) < 4.78 is 1.13. The van der Waals surface area contributed by atoms with Gasteiger partial charge in [-0.25, -0.2) is 4.98 Å². The van der Waals surface area contributed by atoms with Crippen molar-refractivity contribution in [3.05, 3.63) is 11.6 Å². The van der Waals surface area contributed by atoms with E-state index in [1.165, 1.54) is 12.8 Å². The molecule has 1 saturated heterocycles. The molecule has 1 unspecified atom stereocenters. The molecule has 26 heavy (non-hydrogen) atoms. The largest absolute Gasteiger partial charge is 0.356 e. The van der Waals surface area contributed by atoms with Crippen LogP contribution in [0.1, 0.15) is 38.5 Å². The minimum absolute atomic E-state index is 0.279. The Labute approximate surface area is 164 Å². The van der Waals surface area contributed by atoms with Crippen LogP contribution in [0.15, 0.2) is 20.9 Å². The maximum Gasteiger partial charge on any atom is 0.225 e. The first-order valence-corrected chi connectivity index (χ1v) is 11.4. The highest BCUT2D eigenvalue weighted by Crippen LogP contribution is 2.27. The van der Waals surface area contributed by atoms with Crippen molar-refractivity contribution in [2.45, 2.75) is 48.9 Å². The lowest BCUT2D eigenvalue weighted by Gasteiger charge is -2.21. The molecule has 2 aliphatic rings. The van der Waals surface area contributed by atoms with Crippen LogP contribution in [0, 0.1) is 5.92 Å². The fourth-order valence-electron chi connectivity index (χ4n) is 3.62. The number of nitrogens with one attached hydrogen (secondary N) is 2. The zero-order valence-electron chi connectivity index (χ0n) is 15.4. The molecule has 144 valence electrons.